The van der Waals surface area contributed by atoms with Gasteiger partial charge in [-0.3, -0.25) is 4.79 Å². The zero-order valence-electron chi connectivity index (χ0n) is 10.5. The molecule has 106 valence electrons. The van der Waals surface area contributed by atoms with Crippen LogP contribution in [-0.2, 0) is 15.7 Å². The Kier molecular flexibility index (Phi) is 5.08. The van der Waals surface area contributed by atoms with Gasteiger partial charge in [-0.15, -0.1) is 10.2 Å². The molecule has 0 aromatic carbocycles. The Morgan fingerprint density at radius 2 is 2.05 bits per heavy atom. The second-order valence-electron chi connectivity index (χ2n) is 4.02. The van der Waals surface area contributed by atoms with E-state index in [0.717, 1.165) is 12.1 Å². The van der Waals surface area contributed by atoms with Crippen molar-refractivity contribution in [3.05, 3.63) is 17.8 Å². The van der Waals surface area contributed by atoms with Crippen LogP contribution in [-0.4, -0.2) is 28.8 Å². The number of hydrogen-bond donors (Lipinski definition) is 1. The minimum absolute atomic E-state index is 0.0981. The molecular weight excluding hydrogens is 263 g/mol. The molecule has 0 saturated carbocycles. The van der Waals surface area contributed by atoms with Crippen LogP contribution in [0.2, 0.25) is 0 Å². The molecule has 0 bridgehead atoms. The van der Waals surface area contributed by atoms with Crippen LogP contribution < -0.4 is 5.32 Å². The summed E-state index contributed by atoms with van der Waals surface area (Å²) >= 11 is 0. The minimum atomic E-state index is -4.51. The Balaban J connectivity index is 2.40. The average molecular weight is 277 g/mol. The summed E-state index contributed by atoms with van der Waals surface area (Å²) in [6, 6.07) is 1.98. The zero-order chi connectivity index (χ0) is 14.5. The van der Waals surface area contributed by atoms with Gasteiger partial charge in [0.2, 0.25) is 0 Å². The van der Waals surface area contributed by atoms with E-state index in [0.29, 0.717) is 0 Å². The summed E-state index contributed by atoms with van der Waals surface area (Å²) in [6.07, 6.45) is -4.61. The number of anilines is 1. The molecule has 0 saturated heterocycles. The number of hydrogen-bond acceptors (Lipinski definition) is 5. The summed E-state index contributed by atoms with van der Waals surface area (Å²) in [5.41, 5.74) is -1.06. The maximum atomic E-state index is 12.2. The van der Waals surface area contributed by atoms with Gasteiger partial charge in [-0.1, -0.05) is 0 Å². The van der Waals surface area contributed by atoms with E-state index >= 15 is 0 Å². The second-order valence-corrected chi connectivity index (χ2v) is 4.02. The number of alkyl halides is 3. The number of aromatic nitrogens is 2. The molecule has 0 aliphatic rings. The molecule has 5 nitrogen and oxygen atoms in total. The number of carbonyl (C=O) groups is 1. The molecule has 0 aliphatic carbocycles. The van der Waals surface area contributed by atoms with Crippen LogP contribution in [0.4, 0.5) is 19.0 Å². The molecule has 0 aliphatic heterocycles. The van der Waals surface area contributed by atoms with E-state index in [9.17, 15) is 18.0 Å². The van der Waals surface area contributed by atoms with Gasteiger partial charge in [-0.2, -0.15) is 13.2 Å². The van der Waals surface area contributed by atoms with Crippen molar-refractivity contribution in [1.29, 1.82) is 0 Å². The number of halogens is 3. The lowest BCUT2D eigenvalue weighted by molar-refractivity contribution is -0.147. The fraction of sp³-hybridized carbons (Fsp3) is 0.545. The summed E-state index contributed by atoms with van der Waals surface area (Å²) in [5.74, 6) is -0.215. The van der Waals surface area contributed by atoms with Crippen LogP contribution in [0.25, 0.3) is 0 Å². The van der Waals surface area contributed by atoms with Crippen LogP contribution in [0, 0.1) is 0 Å². The molecule has 1 aromatic rings. The quantitative estimate of drug-likeness (QED) is 0.836. The third-order valence-corrected chi connectivity index (χ3v) is 1.96. The van der Waals surface area contributed by atoms with Crippen LogP contribution in [0.5, 0.6) is 0 Å². The van der Waals surface area contributed by atoms with E-state index in [1.165, 1.54) is 0 Å². The van der Waals surface area contributed by atoms with Crippen LogP contribution in [0.15, 0.2) is 12.1 Å². The van der Waals surface area contributed by atoms with Crippen molar-refractivity contribution in [2.75, 3.05) is 11.9 Å². The zero-order valence-corrected chi connectivity index (χ0v) is 10.5. The maximum absolute atomic E-state index is 12.2. The molecule has 1 aromatic heterocycles. The van der Waals surface area contributed by atoms with Crippen molar-refractivity contribution in [2.45, 2.75) is 32.5 Å². The second kappa shape index (κ2) is 6.35. The molecule has 19 heavy (non-hydrogen) atoms. The van der Waals surface area contributed by atoms with Gasteiger partial charge in [-0.25, -0.2) is 0 Å². The number of carbonyl (C=O) groups excluding carboxylic acids is 1. The SMILES string of the molecule is CC(C)OC(=O)CCNc1ccc(C(F)(F)F)nn1. The first-order chi connectivity index (χ1) is 8.79. The summed E-state index contributed by atoms with van der Waals surface area (Å²) in [6.45, 7) is 3.67. The van der Waals surface area contributed by atoms with E-state index in [-0.39, 0.29) is 30.9 Å². The third kappa shape index (κ3) is 5.54. The van der Waals surface area contributed by atoms with Crippen molar-refractivity contribution in [2.24, 2.45) is 0 Å². The standard InChI is InChI=1S/C11H14F3N3O2/c1-7(2)19-10(18)5-6-15-9-4-3-8(16-17-9)11(12,13)14/h3-4,7H,5-6H2,1-2H3,(H,15,17). The van der Waals surface area contributed by atoms with Gasteiger partial charge < -0.3 is 10.1 Å². The van der Waals surface area contributed by atoms with E-state index in [4.69, 9.17) is 4.74 Å². The number of esters is 1. The summed E-state index contributed by atoms with van der Waals surface area (Å²) in [7, 11) is 0. The van der Waals surface area contributed by atoms with Gasteiger partial charge in [-0.05, 0) is 26.0 Å². The molecule has 0 radical (unpaired) electrons. The summed E-state index contributed by atoms with van der Waals surface area (Å²) < 4.78 is 41.5. The fourth-order valence-electron chi connectivity index (χ4n) is 1.19. The Labute approximate surface area is 108 Å². The normalized spacial score (nSPS) is 11.5. The van der Waals surface area contributed by atoms with Crippen molar-refractivity contribution < 1.29 is 22.7 Å². The van der Waals surface area contributed by atoms with Crippen molar-refractivity contribution >= 4 is 11.8 Å². The minimum Gasteiger partial charge on any atom is -0.463 e. The molecule has 1 rings (SSSR count). The lowest BCUT2D eigenvalue weighted by Crippen LogP contribution is -2.16. The molecule has 0 atom stereocenters. The van der Waals surface area contributed by atoms with Crippen LogP contribution in [0.1, 0.15) is 26.0 Å². The van der Waals surface area contributed by atoms with E-state index in [2.05, 4.69) is 15.5 Å². The molecule has 1 heterocycles. The average Bonchev–Trinajstić information content (AvgIpc) is 2.27. The topological polar surface area (TPSA) is 64.1 Å². The van der Waals surface area contributed by atoms with Crippen molar-refractivity contribution in [3.8, 4) is 0 Å². The fourth-order valence-corrected chi connectivity index (χ4v) is 1.19. The Bertz CT molecular complexity index is 418. The molecule has 0 unspecified atom stereocenters. The van der Waals surface area contributed by atoms with E-state index < -0.39 is 11.9 Å². The Morgan fingerprint density at radius 1 is 1.37 bits per heavy atom. The van der Waals surface area contributed by atoms with Gasteiger partial charge in [0.15, 0.2) is 5.69 Å². The monoisotopic (exact) mass is 277 g/mol. The van der Waals surface area contributed by atoms with Crippen LogP contribution in [0.3, 0.4) is 0 Å². The number of ether oxygens (including phenoxy) is 1. The Morgan fingerprint density at radius 3 is 2.53 bits per heavy atom. The number of rotatable bonds is 5. The largest absolute Gasteiger partial charge is 0.463 e. The van der Waals surface area contributed by atoms with E-state index in [1.807, 2.05) is 0 Å². The lowest BCUT2D eigenvalue weighted by Gasteiger charge is -2.09. The number of nitrogens with zero attached hydrogens (tertiary/aromatic N) is 2. The maximum Gasteiger partial charge on any atom is 0.435 e. The van der Waals surface area contributed by atoms with E-state index in [1.54, 1.807) is 13.8 Å². The summed E-state index contributed by atoms with van der Waals surface area (Å²) in [4.78, 5) is 11.2. The number of nitrogens with one attached hydrogen (secondary N) is 1. The third-order valence-electron chi connectivity index (χ3n) is 1.96. The smallest absolute Gasteiger partial charge is 0.435 e. The lowest BCUT2D eigenvalue weighted by atomic mass is 10.3. The highest BCUT2D eigenvalue weighted by molar-refractivity contribution is 5.70. The van der Waals surface area contributed by atoms with Crippen LogP contribution >= 0.6 is 0 Å². The van der Waals surface area contributed by atoms with Crippen molar-refractivity contribution in [3.63, 3.8) is 0 Å². The van der Waals surface area contributed by atoms with Gasteiger partial charge in [0.1, 0.15) is 5.82 Å². The molecule has 0 amide bonds. The highest BCUT2D eigenvalue weighted by Crippen LogP contribution is 2.26. The summed E-state index contributed by atoms with van der Waals surface area (Å²) in [5, 5.41) is 9.10. The predicted molar refractivity (Wildman–Crippen MR) is 61.4 cm³/mol. The molecular formula is C11H14F3N3O2. The van der Waals surface area contributed by atoms with Gasteiger partial charge in [0.05, 0.1) is 12.5 Å². The van der Waals surface area contributed by atoms with Gasteiger partial charge >= 0.3 is 12.1 Å². The molecule has 8 heteroatoms. The highest BCUT2D eigenvalue weighted by atomic mass is 19.4. The molecule has 1 N–H and O–H groups in total. The first-order valence-electron chi connectivity index (χ1n) is 5.63. The first-order valence-corrected chi connectivity index (χ1v) is 5.63. The first kappa shape index (κ1) is 15.2. The highest BCUT2D eigenvalue weighted by Gasteiger charge is 2.32. The predicted octanol–water partition coefficient (Wildman–Crippen LogP) is 2.25. The Hall–Kier alpha value is -1.86. The molecule has 0 fully saturated rings. The van der Waals surface area contributed by atoms with Gasteiger partial charge in [0, 0.05) is 6.54 Å². The van der Waals surface area contributed by atoms with Crippen molar-refractivity contribution in [1.82, 2.24) is 10.2 Å². The molecule has 0 spiro atoms. The van der Waals surface area contributed by atoms with Gasteiger partial charge in [0.25, 0.3) is 0 Å².